The number of anilines is 1. The molecule has 0 saturated heterocycles. The number of aromatic nitrogens is 2. The van der Waals surface area contributed by atoms with E-state index in [9.17, 15) is 4.79 Å². The molecule has 0 saturated carbocycles. The van der Waals surface area contributed by atoms with Crippen LogP contribution in [0.15, 0.2) is 24.4 Å². The molecule has 0 aliphatic rings. The number of para-hydroxylation sites is 1. The minimum absolute atomic E-state index is 0.288. The van der Waals surface area contributed by atoms with Crippen LogP contribution in [-0.4, -0.2) is 36.8 Å². The van der Waals surface area contributed by atoms with Gasteiger partial charge in [0.15, 0.2) is 11.5 Å². The number of nitrogens with zero attached hydrogens (tertiary/aromatic N) is 2. The number of hydrogen-bond acceptors (Lipinski definition) is 7. The molecule has 0 radical (unpaired) electrons. The molecule has 0 aliphatic heterocycles. The third-order valence-corrected chi connectivity index (χ3v) is 3.34. The van der Waals surface area contributed by atoms with Crippen molar-refractivity contribution in [3.63, 3.8) is 0 Å². The molecule has 2 aromatic rings. The summed E-state index contributed by atoms with van der Waals surface area (Å²) in [6.45, 7) is 4.20. The maximum Gasteiger partial charge on any atom is 0.343 e. The number of hydrogen-bond donors (Lipinski definition) is 1. The lowest BCUT2D eigenvalue weighted by Gasteiger charge is -2.14. The van der Waals surface area contributed by atoms with Gasteiger partial charge in [0, 0.05) is 18.3 Å². The number of esters is 1. The smallest absolute Gasteiger partial charge is 0.343 e. The van der Waals surface area contributed by atoms with Crippen molar-refractivity contribution in [1.29, 1.82) is 0 Å². The minimum Gasteiger partial charge on any atom is -0.493 e. The van der Waals surface area contributed by atoms with E-state index in [0.717, 1.165) is 5.56 Å². The summed E-state index contributed by atoms with van der Waals surface area (Å²) in [6, 6.07) is 5.60. The molecule has 24 heavy (non-hydrogen) atoms. The van der Waals surface area contributed by atoms with Crippen molar-refractivity contribution in [1.82, 2.24) is 9.97 Å². The molecular formula is C17H21N3O4. The number of methoxy groups -OCH3 is 2. The molecule has 1 aromatic heterocycles. The Morgan fingerprint density at radius 2 is 2.04 bits per heavy atom. The van der Waals surface area contributed by atoms with Crippen molar-refractivity contribution in [2.24, 2.45) is 0 Å². The summed E-state index contributed by atoms with van der Waals surface area (Å²) in [6.07, 6.45) is 1.46. The highest BCUT2D eigenvalue weighted by Crippen LogP contribution is 2.31. The summed E-state index contributed by atoms with van der Waals surface area (Å²) in [5.74, 6) is 1.80. The lowest BCUT2D eigenvalue weighted by Crippen LogP contribution is -2.13. The van der Waals surface area contributed by atoms with Crippen LogP contribution in [0.25, 0.3) is 0 Å². The molecule has 7 heteroatoms. The fraction of sp³-hybridized carbons (Fsp3) is 0.353. The predicted molar refractivity (Wildman–Crippen MR) is 89.6 cm³/mol. The Kier molecular flexibility index (Phi) is 5.95. The first-order valence-electron chi connectivity index (χ1n) is 7.55. The van der Waals surface area contributed by atoms with Gasteiger partial charge in [-0.25, -0.2) is 14.8 Å². The van der Waals surface area contributed by atoms with Crippen LogP contribution in [0.1, 0.15) is 28.7 Å². The van der Waals surface area contributed by atoms with E-state index in [2.05, 4.69) is 15.3 Å². The highest BCUT2D eigenvalue weighted by atomic mass is 16.5. The summed E-state index contributed by atoms with van der Waals surface area (Å²) in [5, 5.41) is 3.15. The van der Waals surface area contributed by atoms with Gasteiger partial charge in [-0.1, -0.05) is 12.1 Å². The Balaban J connectivity index is 2.26. The van der Waals surface area contributed by atoms with Crippen LogP contribution in [0.2, 0.25) is 0 Å². The zero-order valence-corrected chi connectivity index (χ0v) is 14.3. The largest absolute Gasteiger partial charge is 0.493 e. The van der Waals surface area contributed by atoms with Crippen molar-refractivity contribution >= 4 is 11.8 Å². The maximum atomic E-state index is 12.0. The van der Waals surface area contributed by atoms with Crippen LogP contribution in [0, 0.1) is 6.92 Å². The SMILES string of the molecule is CCOC(=O)c1cnc(C)nc1NCc1cccc(OC)c1OC. The predicted octanol–water partition coefficient (Wildman–Crippen LogP) is 2.59. The first-order valence-corrected chi connectivity index (χ1v) is 7.55. The van der Waals surface area contributed by atoms with E-state index >= 15 is 0 Å². The van der Waals surface area contributed by atoms with Crippen LogP contribution in [-0.2, 0) is 11.3 Å². The van der Waals surface area contributed by atoms with Gasteiger partial charge in [0.05, 0.1) is 20.8 Å². The van der Waals surface area contributed by atoms with Gasteiger partial charge in [-0.2, -0.15) is 0 Å². The highest BCUT2D eigenvalue weighted by Gasteiger charge is 2.16. The van der Waals surface area contributed by atoms with E-state index in [-0.39, 0.29) is 6.61 Å². The van der Waals surface area contributed by atoms with Crippen LogP contribution < -0.4 is 14.8 Å². The molecule has 1 heterocycles. The zero-order chi connectivity index (χ0) is 17.5. The Hall–Kier alpha value is -2.83. The Morgan fingerprint density at radius 1 is 1.25 bits per heavy atom. The van der Waals surface area contributed by atoms with Gasteiger partial charge in [0.1, 0.15) is 17.2 Å². The number of ether oxygens (including phenoxy) is 3. The van der Waals surface area contributed by atoms with Crippen LogP contribution in [0.5, 0.6) is 11.5 Å². The Labute approximate surface area is 141 Å². The maximum absolute atomic E-state index is 12.0. The normalized spacial score (nSPS) is 10.2. The first-order chi connectivity index (χ1) is 11.6. The second kappa shape index (κ2) is 8.14. The van der Waals surface area contributed by atoms with Crippen molar-refractivity contribution in [2.75, 3.05) is 26.1 Å². The van der Waals surface area contributed by atoms with Crippen LogP contribution in [0.3, 0.4) is 0 Å². The summed E-state index contributed by atoms with van der Waals surface area (Å²) in [4.78, 5) is 20.4. The number of nitrogens with one attached hydrogen (secondary N) is 1. The van der Waals surface area contributed by atoms with Crippen LogP contribution in [0.4, 0.5) is 5.82 Å². The number of aryl methyl sites for hydroxylation is 1. The second-order valence-electron chi connectivity index (χ2n) is 4.91. The fourth-order valence-corrected chi connectivity index (χ4v) is 2.23. The molecular weight excluding hydrogens is 310 g/mol. The molecule has 0 bridgehead atoms. The quantitative estimate of drug-likeness (QED) is 0.781. The minimum atomic E-state index is -0.461. The molecule has 0 fully saturated rings. The summed E-state index contributed by atoms with van der Waals surface area (Å²) >= 11 is 0. The molecule has 1 N–H and O–H groups in total. The van der Waals surface area contributed by atoms with E-state index in [4.69, 9.17) is 14.2 Å². The standard InChI is InChI=1S/C17H21N3O4/c1-5-24-17(21)13-10-18-11(2)20-16(13)19-9-12-7-6-8-14(22-3)15(12)23-4/h6-8,10H,5,9H2,1-4H3,(H,18,19,20). The highest BCUT2D eigenvalue weighted by molar-refractivity contribution is 5.94. The fourth-order valence-electron chi connectivity index (χ4n) is 2.23. The monoisotopic (exact) mass is 331 g/mol. The summed E-state index contributed by atoms with van der Waals surface area (Å²) < 4.78 is 15.7. The average Bonchev–Trinajstić information content (AvgIpc) is 2.59. The number of rotatable bonds is 7. The zero-order valence-electron chi connectivity index (χ0n) is 14.3. The van der Waals surface area contributed by atoms with Gasteiger partial charge < -0.3 is 19.5 Å². The Morgan fingerprint density at radius 3 is 2.71 bits per heavy atom. The molecule has 128 valence electrons. The van der Waals surface area contributed by atoms with E-state index < -0.39 is 5.97 Å². The van der Waals surface area contributed by atoms with Crippen molar-refractivity contribution < 1.29 is 19.0 Å². The summed E-state index contributed by atoms with van der Waals surface area (Å²) in [7, 11) is 3.17. The summed E-state index contributed by atoms with van der Waals surface area (Å²) in [5.41, 5.74) is 1.17. The molecule has 0 unspecified atom stereocenters. The Bertz CT molecular complexity index is 719. The lowest BCUT2D eigenvalue weighted by atomic mass is 10.1. The van der Waals surface area contributed by atoms with Gasteiger partial charge in [-0.15, -0.1) is 0 Å². The third kappa shape index (κ3) is 3.92. The van der Waals surface area contributed by atoms with Gasteiger partial charge >= 0.3 is 5.97 Å². The van der Waals surface area contributed by atoms with E-state index in [0.29, 0.717) is 35.2 Å². The van der Waals surface area contributed by atoms with Crippen molar-refractivity contribution in [2.45, 2.75) is 20.4 Å². The third-order valence-electron chi connectivity index (χ3n) is 3.34. The van der Waals surface area contributed by atoms with Crippen LogP contribution >= 0.6 is 0 Å². The number of carbonyl (C=O) groups excluding carboxylic acids is 1. The lowest BCUT2D eigenvalue weighted by molar-refractivity contribution is 0.0526. The molecule has 0 amide bonds. The molecule has 0 spiro atoms. The van der Waals surface area contributed by atoms with Gasteiger partial charge in [0.25, 0.3) is 0 Å². The topological polar surface area (TPSA) is 82.6 Å². The van der Waals surface area contributed by atoms with E-state index in [1.807, 2.05) is 18.2 Å². The molecule has 1 aromatic carbocycles. The molecule has 0 aliphatic carbocycles. The van der Waals surface area contributed by atoms with Crippen molar-refractivity contribution in [3.05, 3.63) is 41.3 Å². The molecule has 7 nitrogen and oxygen atoms in total. The second-order valence-corrected chi connectivity index (χ2v) is 4.91. The average molecular weight is 331 g/mol. The van der Waals surface area contributed by atoms with Gasteiger partial charge in [-0.05, 0) is 19.9 Å². The van der Waals surface area contributed by atoms with E-state index in [1.54, 1.807) is 28.1 Å². The number of benzene rings is 1. The first kappa shape index (κ1) is 17.5. The van der Waals surface area contributed by atoms with E-state index in [1.165, 1.54) is 6.20 Å². The molecule has 0 atom stereocenters. The van der Waals surface area contributed by atoms with Gasteiger partial charge in [0.2, 0.25) is 0 Å². The van der Waals surface area contributed by atoms with Crippen molar-refractivity contribution in [3.8, 4) is 11.5 Å². The van der Waals surface area contributed by atoms with Gasteiger partial charge in [-0.3, -0.25) is 0 Å². The molecule has 2 rings (SSSR count). The number of carbonyl (C=O) groups is 1.